The summed E-state index contributed by atoms with van der Waals surface area (Å²) in [5, 5.41) is 7.54. The van der Waals surface area contributed by atoms with Gasteiger partial charge in [-0.2, -0.15) is 4.98 Å². The van der Waals surface area contributed by atoms with Crippen molar-refractivity contribution in [1.29, 1.82) is 0 Å². The van der Waals surface area contributed by atoms with Crippen molar-refractivity contribution in [3.63, 3.8) is 0 Å². The van der Waals surface area contributed by atoms with Crippen LogP contribution in [0, 0.1) is 0 Å². The molecule has 2 aromatic heterocycles. The molecule has 0 amide bonds. The van der Waals surface area contributed by atoms with Gasteiger partial charge in [0.05, 0.1) is 12.3 Å². The number of hydrogen-bond acceptors (Lipinski definition) is 5. The SMILES string of the molecule is CNC1CCCCCC1c1nc(Cc2ccccn2)no1. The number of pyridine rings is 1. The van der Waals surface area contributed by atoms with Crippen LogP contribution in [0.1, 0.15) is 55.4 Å². The van der Waals surface area contributed by atoms with Crippen molar-refractivity contribution in [1.82, 2.24) is 20.4 Å². The number of hydrogen-bond donors (Lipinski definition) is 1. The molecule has 112 valence electrons. The molecule has 3 rings (SSSR count). The molecule has 21 heavy (non-hydrogen) atoms. The van der Waals surface area contributed by atoms with Gasteiger partial charge in [-0.3, -0.25) is 4.98 Å². The van der Waals surface area contributed by atoms with E-state index in [1.165, 1.54) is 25.7 Å². The Morgan fingerprint density at radius 2 is 2.14 bits per heavy atom. The van der Waals surface area contributed by atoms with E-state index in [1.54, 1.807) is 6.20 Å². The van der Waals surface area contributed by atoms with Crippen molar-refractivity contribution in [3.05, 3.63) is 41.8 Å². The molecule has 1 aliphatic rings. The maximum absolute atomic E-state index is 5.54. The molecule has 1 N–H and O–H groups in total. The molecule has 1 aliphatic carbocycles. The van der Waals surface area contributed by atoms with E-state index >= 15 is 0 Å². The Balaban J connectivity index is 1.74. The minimum absolute atomic E-state index is 0.336. The van der Waals surface area contributed by atoms with Gasteiger partial charge in [0.1, 0.15) is 0 Å². The molecule has 2 heterocycles. The monoisotopic (exact) mass is 286 g/mol. The minimum atomic E-state index is 0.336. The van der Waals surface area contributed by atoms with E-state index in [9.17, 15) is 0 Å². The highest BCUT2D eigenvalue weighted by Gasteiger charge is 2.28. The van der Waals surface area contributed by atoms with Gasteiger partial charge in [0.25, 0.3) is 0 Å². The van der Waals surface area contributed by atoms with Crippen LogP contribution in [0.4, 0.5) is 0 Å². The summed E-state index contributed by atoms with van der Waals surface area (Å²) in [5.74, 6) is 1.84. The topological polar surface area (TPSA) is 63.8 Å². The fraction of sp³-hybridized carbons (Fsp3) is 0.562. The zero-order valence-corrected chi connectivity index (χ0v) is 12.5. The van der Waals surface area contributed by atoms with Crippen molar-refractivity contribution >= 4 is 0 Å². The van der Waals surface area contributed by atoms with Crippen LogP contribution < -0.4 is 5.32 Å². The first-order chi connectivity index (χ1) is 10.4. The average molecular weight is 286 g/mol. The maximum atomic E-state index is 5.54. The summed E-state index contributed by atoms with van der Waals surface area (Å²) in [6.45, 7) is 0. The Morgan fingerprint density at radius 1 is 1.24 bits per heavy atom. The highest BCUT2D eigenvalue weighted by Crippen LogP contribution is 2.31. The van der Waals surface area contributed by atoms with E-state index in [1.807, 2.05) is 25.2 Å². The third kappa shape index (κ3) is 3.47. The van der Waals surface area contributed by atoms with Crippen molar-refractivity contribution in [2.45, 2.75) is 50.5 Å². The zero-order valence-electron chi connectivity index (χ0n) is 12.5. The van der Waals surface area contributed by atoms with Gasteiger partial charge in [-0.15, -0.1) is 0 Å². The normalized spacial score (nSPS) is 22.9. The summed E-state index contributed by atoms with van der Waals surface area (Å²) in [6.07, 6.45) is 8.52. The van der Waals surface area contributed by atoms with E-state index in [2.05, 4.69) is 20.4 Å². The summed E-state index contributed by atoms with van der Waals surface area (Å²) >= 11 is 0. The molecule has 5 nitrogen and oxygen atoms in total. The van der Waals surface area contributed by atoms with Gasteiger partial charge in [0.15, 0.2) is 5.82 Å². The van der Waals surface area contributed by atoms with Crippen LogP contribution in [0.2, 0.25) is 0 Å². The van der Waals surface area contributed by atoms with Gasteiger partial charge in [0.2, 0.25) is 5.89 Å². The lowest BCUT2D eigenvalue weighted by atomic mass is 9.95. The summed E-state index contributed by atoms with van der Waals surface area (Å²) in [5.41, 5.74) is 0.968. The highest BCUT2D eigenvalue weighted by atomic mass is 16.5. The van der Waals surface area contributed by atoms with E-state index in [4.69, 9.17) is 4.52 Å². The van der Waals surface area contributed by atoms with E-state index in [0.717, 1.165) is 23.8 Å². The van der Waals surface area contributed by atoms with Crippen LogP contribution in [0.15, 0.2) is 28.9 Å². The first-order valence-corrected chi connectivity index (χ1v) is 7.76. The molecule has 2 unspecified atom stereocenters. The zero-order chi connectivity index (χ0) is 14.5. The summed E-state index contributed by atoms with van der Waals surface area (Å²) in [7, 11) is 2.02. The van der Waals surface area contributed by atoms with Crippen LogP contribution in [0.3, 0.4) is 0 Å². The second-order valence-electron chi connectivity index (χ2n) is 5.69. The second-order valence-corrected chi connectivity index (χ2v) is 5.69. The number of nitrogens with zero attached hydrogens (tertiary/aromatic N) is 3. The quantitative estimate of drug-likeness (QED) is 0.875. The first-order valence-electron chi connectivity index (χ1n) is 7.76. The number of likely N-dealkylation sites (N-methyl/N-ethyl adjacent to an activating group) is 1. The van der Waals surface area contributed by atoms with Crippen molar-refractivity contribution < 1.29 is 4.52 Å². The Morgan fingerprint density at radius 3 is 2.95 bits per heavy atom. The molecule has 0 radical (unpaired) electrons. The average Bonchev–Trinajstić information content (AvgIpc) is 2.84. The van der Waals surface area contributed by atoms with Crippen LogP contribution in [-0.4, -0.2) is 28.2 Å². The van der Waals surface area contributed by atoms with Crippen LogP contribution in [0.5, 0.6) is 0 Å². The van der Waals surface area contributed by atoms with Crippen molar-refractivity contribution in [3.8, 4) is 0 Å². The Kier molecular flexibility index (Phi) is 4.60. The molecule has 0 aromatic carbocycles. The lowest BCUT2D eigenvalue weighted by molar-refractivity contribution is 0.309. The molecule has 0 bridgehead atoms. The molecular formula is C16H22N4O. The Bertz CT molecular complexity index is 554. The third-order valence-electron chi connectivity index (χ3n) is 4.25. The van der Waals surface area contributed by atoms with Gasteiger partial charge in [-0.1, -0.05) is 30.5 Å². The largest absolute Gasteiger partial charge is 0.339 e. The first kappa shape index (κ1) is 14.2. The molecule has 1 saturated carbocycles. The molecule has 0 saturated heterocycles. The second kappa shape index (κ2) is 6.80. The molecule has 0 spiro atoms. The van der Waals surface area contributed by atoms with Crippen LogP contribution in [0.25, 0.3) is 0 Å². The van der Waals surface area contributed by atoms with Gasteiger partial charge in [0, 0.05) is 17.9 Å². The number of nitrogens with one attached hydrogen (secondary N) is 1. The predicted octanol–water partition coefficient (Wildman–Crippen LogP) is 2.69. The van der Waals surface area contributed by atoms with Gasteiger partial charge >= 0.3 is 0 Å². The fourth-order valence-corrected chi connectivity index (χ4v) is 3.10. The summed E-state index contributed by atoms with van der Waals surface area (Å²) in [6, 6.07) is 6.31. The molecule has 0 aliphatic heterocycles. The van der Waals surface area contributed by atoms with Gasteiger partial charge in [-0.05, 0) is 32.0 Å². The Labute approximate surface area is 125 Å². The molecular weight excluding hydrogens is 264 g/mol. The molecule has 2 aromatic rings. The van der Waals surface area contributed by atoms with Crippen molar-refractivity contribution in [2.24, 2.45) is 0 Å². The molecule has 1 fully saturated rings. The lowest BCUT2D eigenvalue weighted by Crippen LogP contribution is -2.31. The van der Waals surface area contributed by atoms with Crippen molar-refractivity contribution in [2.75, 3.05) is 7.05 Å². The maximum Gasteiger partial charge on any atom is 0.231 e. The fourth-order valence-electron chi connectivity index (χ4n) is 3.10. The van der Waals surface area contributed by atoms with E-state index in [0.29, 0.717) is 18.4 Å². The Hall–Kier alpha value is -1.75. The van der Waals surface area contributed by atoms with E-state index in [-0.39, 0.29) is 0 Å². The van der Waals surface area contributed by atoms with Crippen LogP contribution in [-0.2, 0) is 6.42 Å². The standard InChI is InChI=1S/C16H22N4O/c1-17-14-9-4-2-3-8-13(14)16-19-15(20-21-16)11-12-7-5-6-10-18-12/h5-7,10,13-14,17H,2-4,8-9,11H2,1H3. The molecule has 5 heteroatoms. The summed E-state index contributed by atoms with van der Waals surface area (Å²) in [4.78, 5) is 8.92. The minimum Gasteiger partial charge on any atom is -0.339 e. The molecule has 2 atom stereocenters. The summed E-state index contributed by atoms with van der Waals surface area (Å²) < 4.78 is 5.54. The predicted molar refractivity (Wildman–Crippen MR) is 80.0 cm³/mol. The smallest absolute Gasteiger partial charge is 0.231 e. The van der Waals surface area contributed by atoms with E-state index < -0.39 is 0 Å². The van der Waals surface area contributed by atoms with Gasteiger partial charge in [-0.25, -0.2) is 0 Å². The third-order valence-corrected chi connectivity index (χ3v) is 4.25. The van der Waals surface area contributed by atoms with Gasteiger partial charge < -0.3 is 9.84 Å². The number of rotatable bonds is 4. The number of aromatic nitrogens is 3. The highest BCUT2D eigenvalue weighted by molar-refractivity contribution is 5.10. The van der Waals surface area contributed by atoms with Crippen LogP contribution >= 0.6 is 0 Å². The lowest BCUT2D eigenvalue weighted by Gasteiger charge is -2.20.